The van der Waals surface area contributed by atoms with E-state index in [0.717, 1.165) is 18.4 Å². The summed E-state index contributed by atoms with van der Waals surface area (Å²) in [5.74, 6) is -0.888. The second-order valence-corrected chi connectivity index (χ2v) is 4.94. The predicted octanol–water partition coefficient (Wildman–Crippen LogP) is 1.94. The highest BCUT2D eigenvalue weighted by Gasteiger charge is 2.33. The molecular weight excluding hydrogens is 274 g/mol. The Kier molecular flexibility index (Phi) is 5.57. The first-order chi connectivity index (χ1) is 10.1. The third kappa shape index (κ3) is 5.07. The quantitative estimate of drug-likeness (QED) is 0.802. The van der Waals surface area contributed by atoms with Gasteiger partial charge in [0.2, 0.25) is 0 Å². The van der Waals surface area contributed by atoms with Crippen molar-refractivity contribution in [1.29, 1.82) is 0 Å². The first-order valence-electron chi connectivity index (χ1n) is 6.96. The van der Waals surface area contributed by atoms with Crippen molar-refractivity contribution in [1.82, 2.24) is 5.32 Å². The molecule has 0 aromatic heterocycles. The number of rotatable bonds is 7. The summed E-state index contributed by atoms with van der Waals surface area (Å²) in [7, 11) is 0. The summed E-state index contributed by atoms with van der Waals surface area (Å²) >= 11 is 0. The van der Waals surface area contributed by atoms with Crippen LogP contribution < -0.4 is 5.32 Å². The molecule has 1 saturated carbocycles. The van der Waals surface area contributed by atoms with Crippen LogP contribution in [0.1, 0.15) is 24.8 Å². The minimum absolute atomic E-state index is 0.0261. The van der Waals surface area contributed by atoms with Crippen LogP contribution in [-0.2, 0) is 20.9 Å². The summed E-state index contributed by atoms with van der Waals surface area (Å²) in [5, 5.41) is 11.3. The maximum Gasteiger partial charge on any atom is 0.407 e. The van der Waals surface area contributed by atoms with Crippen LogP contribution in [0.3, 0.4) is 0 Å². The van der Waals surface area contributed by atoms with E-state index in [1.807, 2.05) is 30.3 Å². The molecule has 1 aromatic carbocycles. The van der Waals surface area contributed by atoms with Crippen molar-refractivity contribution in [3.05, 3.63) is 35.9 Å². The highest BCUT2D eigenvalue weighted by molar-refractivity contribution is 5.68. The number of aliphatic carboxylic acids is 1. The zero-order valence-corrected chi connectivity index (χ0v) is 11.7. The Morgan fingerprint density at radius 3 is 2.62 bits per heavy atom. The number of hydrogen-bond acceptors (Lipinski definition) is 4. The molecule has 2 N–H and O–H groups in total. The van der Waals surface area contributed by atoms with Gasteiger partial charge in [-0.3, -0.25) is 4.79 Å². The number of hydrogen-bond donors (Lipinski definition) is 2. The largest absolute Gasteiger partial charge is 0.481 e. The SMILES string of the molecule is O=C(O)CCOC1CCC1NC(=O)OCc1ccccc1. The Balaban J connectivity index is 1.64. The number of carboxylic acid groups (broad SMARTS) is 1. The molecule has 0 spiro atoms. The molecule has 1 fully saturated rings. The number of amides is 1. The number of benzene rings is 1. The van der Waals surface area contributed by atoms with E-state index in [9.17, 15) is 9.59 Å². The monoisotopic (exact) mass is 293 g/mol. The minimum atomic E-state index is -0.888. The van der Waals surface area contributed by atoms with Gasteiger partial charge in [0.15, 0.2) is 0 Å². The van der Waals surface area contributed by atoms with E-state index in [1.165, 1.54) is 0 Å². The molecule has 1 aliphatic carbocycles. The number of nitrogens with one attached hydrogen (secondary N) is 1. The lowest BCUT2D eigenvalue weighted by molar-refractivity contribution is -0.139. The predicted molar refractivity (Wildman–Crippen MR) is 74.8 cm³/mol. The molecule has 0 radical (unpaired) electrons. The van der Waals surface area contributed by atoms with Gasteiger partial charge in [-0.25, -0.2) is 4.79 Å². The van der Waals surface area contributed by atoms with E-state index >= 15 is 0 Å². The van der Waals surface area contributed by atoms with Gasteiger partial charge in [-0.2, -0.15) is 0 Å². The van der Waals surface area contributed by atoms with Crippen molar-refractivity contribution in [3.8, 4) is 0 Å². The average Bonchev–Trinajstić information content (AvgIpc) is 2.47. The number of carboxylic acids is 1. The first-order valence-corrected chi connectivity index (χ1v) is 6.96. The molecule has 2 atom stereocenters. The smallest absolute Gasteiger partial charge is 0.407 e. The van der Waals surface area contributed by atoms with Gasteiger partial charge >= 0.3 is 12.1 Å². The molecule has 1 aromatic rings. The molecule has 0 aliphatic heterocycles. The van der Waals surface area contributed by atoms with E-state index in [1.54, 1.807) is 0 Å². The fourth-order valence-corrected chi connectivity index (χ4v) is 2.05. The minimum Gasteiger partial charge on any atom is -0.481 e. The lowest BCUT2D eigenvalue weighted by Crippen LogP contribution is -2.51. The lowest BCUT2D eigenvalue weighted by Gasteiger charge is -2.36. The van der Waals surface area contributed by atoms with Crippen LogP contribution in [0.4, 0.5) is 4.79 Å². The van der Waals surface area contributed by atoms with Gasteiger partial charge in [0.05, 0.1) is 25.2 Å². The van der Waals surface area contributed by atoms with Gasteiger partial charge in [-0.05, 0) is 18.4 Å². The lowest BCUT2D eigenvalue weighted by atomic mass is 9.89. The fraction of sp³-hybridized carbons (Fsp3) is 0.467. The zero-order chi connectivity index (χ0) is 15.1. The molecule has 1 amide bonds. The van der Waals surface area contributed by atoms with Crippen LogP contribution in [0.2, 0.25) is 0 Å². The Morgan fingerprint density at radius 1 is 1.24 bits per heavy atom. The van der Waals surface area contributed by atoms with Crippen molar-refractivity contribution < 1.29 is 24.2 Å². The molecule has 6 heteroatoms. The third-order valence-corrected chi connectivity index (χ3v) is 3.37. The van der Waals surface area contributed by atoms with Crippen molar-refractivity contribution in [3.63, 3.8) is 0 Å². The van der Waals surface area contributed by atoms with Gasteiger partial charge in [0.25, 0.3) is 0 Å². The summed E-state index contributed by atoms with van der Waals surface area (Å²) in [6.07, 6.45) is 1.02. The molecule has 2 rings (SSSR count). The molecule has 0 saturated heterocycles. The maximum atomic E-state index is 11.7. The van der Waals surface area contributed by atoms with Crippen molar-refractivity contribution in [2.24, 2.45) is 0 Å². The molecule has 21 heavy (non-hydrogen) atoms. The van der Waals surface area contributed by atoms with Crippen molar-refractivity contribution in [2.45, 2.75) is 38.0 Å². The molecule has 114 valence electrons. The zero-order valence-electron chi connectivity index (χ0n) is 11.7. The van der Waals surface area contributed by atoms with Crippen LogP contribution in [0.15, 0.2) is 30.3 Å². The molecule has 0 heterocycles. The van der Waals surface area contributed by atoms with Crippen LogP contribution in [0, 0.1) is 0 Å². The highest BCUT2D eigenvalue weighted by Crippen LogP contribution is 2.23. The number of carbonyl (C=O) groups excluding carboxylic acids is 1. The Morgan fingerprint density at radius 2 is 2.00 bits per heavy atom. The van der Waals surface area contributed by atoms with E-state index < -0.39 is 12.1 Å². The summed E-state index contributed by atoms with van der Waals surface area (Å²) < 4.78 is 10.5. The Bertz CT molecular complexity index is 476. The summed E-state index contributed by atoms with van der Waals surface area (Å²) in [6, 6.07) is 9.34. The number of alkyl carbamates (subject to hydrolysis) is 1. The van der Waals surface area contributed by atoms with Crippen LogP contribution in [0.25, 0.3) is 0 Å². The Labute approximate surface area is 123 Å². The summed E-state index contributed by atoms with van der Waals surface area (Å²) in [6.45, 7) is 0.390. The maximum absolute atomic E-state index is 11.7. The third-order valence-electron chi connectivity index (χ3n) is 3.37. The molecule has 1 aliphatic rings. The Hall–Kier alpha value is -2.08. The summed E-state index contributed by atoms with van der Waals surface area (Å²) in [4.78, 5) is 22.1. The topological polar surface area (TPSA) is 84.9 Å². The summed E-state index contributed by atoms with van der Waals surface area (Å²) in [5.41, 5.74) is 0.926. The van der Waals surface area contributed by atoms with Gasteiger partial charge in [0, 0.05) is 0 Å². The van der Waals surface area contributed by atoms with Crippen molar-refractivity contribution in [2.75, 3.05) is 6.61 Å². The normalized spacial score (nSPS) is 20.4. The number of ether oxygens (including phenoxy) is 2. The van der Waals surface area contributed by atoms with Crippen LogP contribution >= 0.6 is 0 Å². The second-order valence-electron chi connectivity index (χ2n) is 4.94. The van der Waals surface area contributed by atoms with Crippen LogP contribution in [0.5, 0.6) is 0 Å². The second kappa shape index (κ2) is 7.64. The fourth-order valence-electron chi connectivity index (χ4n) is 2.05. The van der Waals surface area contributed by atoms with E-state index in [4.69, 9.17) is 14.6 Å². The van der Waals surface area contributed by atoms with Gasteiger partial charge in [0.1, 0.15) is 6.61 Å². The molecular formula is C15H19NO5. The van der Waals surface area contributed by atoms with E-state index in [2.05, 4.69) is 5.32 Å². The molecule has 6 nitrogen and oxygen atoms in total. The van der Waals surface area contributed by atoms with Crippen molar-refractivity contribution >= 4 is 12.1 Å². The standard InChI is InChI=1S/C15H19NO5/c17-14(18)8-9-20-13-7-6-12(13)16-15(19)21-10-11-4-2-1-3-5-11/h1-5,12-13H,6-10H2,(H,16,19)(H,17,18). The van der Waals surface area contributed by atoms with Gasteiger partial charge in [-0.15, -0.1) is 0 Å². The highest BCUT2D eigenvalue weighted by atomic mass is 16.5. The molecule has 2 unspecified atom stereocenters. The average molecular weight is 293 g/mol. The number of carbonyl (C=O) groups is 2. The first kappa shape index (κ1) is 15.3. The van der Waals surface area contributed by atoms with E-state index in [0.29, 0.717) is 0 Å². The van der Waals surface area contributed by atoms with E-state index in [-0.39, 0.29) is 31.8 Å². The molecule has 0 bridgehead atoms. The van der Waals surface area contributed by atoms with Crippen LogP contribution in [-0.4, -0.2) is 35.9 Å². The van der Waals surface area contributed by atoms with Gasteiger partial charge < -0.3 is 19.9 Å². The van der Waals surface area contributed by atoms with Gasteiger partial charge in [-0.1, -0.05) is 30.3 Å².